The molecule has 1 saturated heterocycles. The van der Waals surface area contributed by atoms with Gasteiger partial charge in [-0.15, -0.1) is 10.2 Å². The number of nitrogens with one attached hydrogen (secondary N) is 1. The molecule has 1 aliphatic heterocycles. The van der Waals surface area contributed by atoms with E-state index >= 15 is 0 Å². The number of aryl methyl sites for hydroxylation is 1. The highest BCUT2D eigenvalue weighted by Crippen LogP contribution is 2.29. The lowest BCUT2D eigenvalue weighted by atomic mass is 10.1. The van der Waals surface area contributed by atoms with Crippen LogP contribution in [0.2, 0.25) is 10.0 Å². The van der Waals surface area contributed by atoms with Gasteiger partial charge in [0.25, 0.3) is 0 Å². The number of ketones is 1. The number of piperidine rings is 1. The van der Waals surface area contributed by atoms with Crippen molar-refractivity contribution < 1.29 is 18.0 Å². The molecule has 0 atom stereocenters. The summed E-state index contributed by atoms with van der Waals surface area (Å²) in [4.78, 5) is 24.4. The van der Waals surface area contributed by atoms with Crippen LogP contribution in [0.5, 0.6) is 0 Å². The number of hydrogen-bond donors (Lipinski definition) is 1. The van der Waals surface area contributed by atoms with E-state index in [9.17, 15) is 18.0 Å². The molecule has 0 aliphatic carbocycles. The Morgan fingerprint density at radius 2 is 1.72 bits per heavy atom. The van der Waals surface area contributed by atoms with E-state index in [1.54, 1.807) is 30.3 Å². The van der Waals surface area contributed by atoms with Gasteiger partial charge in [0, 0.05) is 38.5 Å². The molecule has 4 rings (SSSR count). The average molecular weight is 611 g/mol. The van der Waals surface area contributed by atoms with Gasteiger partial charge in [0.05, 0.1) is 26.4 Å². The summed E-state index contributed by atoms with van der Waals surface area (Å²) < 4.78 is 29.1. The predicted octanol–water partition coefficient (Wildman–Crippen LogP) is 4.79. The zero-order valence-corrected chi connectivity index (χ0v) is 24.5. The summed E-state index contributed by atoms with van der Waals surface area (Å²) in [6, 6.07) is 11.3. The number of halogens is 2. The Bertz CT molecular complexity index is 1440. The number of rotatable bonds is 11. The summed E-state index contributed by atoms with van der Waals surface area (Å²) in [6.07, 6.45) is 3.94. The Morgan fingerprint density at radius 1 is 1.00 bits per heavy atom. The van der Waals surface area contributed by atoms with Crippen LogP contribution in [0.25, 0.3) is 5.69 Å². The first-order valence-corrected chi connectivity index (χ1v) is 15.8. The van der Waals surface area contributed by atoms with Crippen molar-refractivity contribution in [2.24, 2.45) is 0 Å². The molecule has 1 aromatic heterocycles. The lowest BCUT2D eigenvalue weighted by Gasteiger charge is -2.25. The van der Waals surface area contributed by atoms with Gasteiger partial charge in [-0.3, -0.25) is 14.2 Å². The predicted molar refractivity (Wildman–Crippen MR) is 152 cm³/mol. The molecule has 0 unspecified atom stereocenters. The normalized spacial score (nSPS) is 14.3. The summed E-state index contributed by atoms with van der Waals surface area (Å²) in [5, 5.41) is 12.7. The molecule has 39 heavy (non-hydrogen) atoms. The summed E-state index contributed by atoms with van der Waals surface area (Å²) >= 11 is 13.6. The van der Waals surface area contributed by atoms with Crippen LogP contribution >= 0.6 is 35.0 Å². The first kappa shape index (κ1) is 29.5. The smallest absolute Gasteiger partial charge is 0.243 e. The van der Waals surface area contributed by atoms with E-state index in [1.165, 1.54) is 35.1 Å². The Hall–Kier alpha value is -2.44. The molecule has 0 saturated carbocycles. The van der Waals surface area contributed by atoms with Crippen molar-refractivity contribution in [3.05, 3.63) is 63.9 Å². The average Bonchev–Trinajstić information content (AvgIpc) is 3.34. The monoisotopic (exact) mass is 609 g/mol. The number of Topliss-reactive ketones (excluding diaryl/α,β-unsaturated/α-hetero) is 1. The maximum absolute atomic E-state index is 13.0. The second kappa shape index (κ2) is 13.3. The van der Waals surface area contributed by atoms with Gasteiger partial charge < -0.3 is 5.32 Å². The topological polar surface area (TPSA) is 114 Å². The minimum Gasteiger partial charge on any atom is -0.356 e. The fourth-order valence-corrected chi connectivity index (χ4v) is 6.91. The van der Waals surface area contributed by atoms with Gasteiger partial charge in [0.1, 0.15) is 5.82 Å². The van der Waals surface area contributed by atoms with E-state index < -0.39 is 10.0 Å². The van der Waals surface area contributed by atoms with Crippen molar-refractivity contribution in [3.8, 4) is 5.69 Å². The maximum Gasteiger partial charge on any atom is 0.243 e. The third kappa shape index (κ3) is 7.40. The highest BCUT2D eigenvalue weighted by Gasteiger charge is 2.26. The van der Waals surface area contributed by atoms with Crippen LogP contribution in [0.1, 0.15) is 48.8 Å². The highest BCUT2D eigenvalue weighted by molar-refractivity contribution is 7.99. The molecule has 9 nitrogen and oxygen atoms in total. The molecular weight excluding hydrogens is 581 g/mol. The third-order valence-corrected chi connectivity index (χ3v) is 9.86. The Morgan fingerprint density at radius 3 is 2.38 bits per heavy atom. The number of benzene rings is 2. The van der Waals surface area contributed by atoms with Crippen LogP contribution in [-0.4, -0.2) is 64.6 Å². The second-order valence-electron chi connectivity index (χ2n) is 9.12. The fourth-order valence-electron chi connectivity index (χ4n) is 4.23. The van der Waals surface area contributed by atoms with E-state index in [4.69, 9.17) is 23.2 Å². The van der Waals surface area contributed by atoms with Crippen molar-refractivity contribution in [2.75, 3.05) is 25.4 Å². The second-order valence-corrected chi connectivity index (χ2v) is 12.8. The van der Waals surface area contributed by atoms with Crippen LogP contribution in [0.4, 0.5) is 0 Å². The number of carbonyl (C=O) groups excluding carboxylic acids is 2. The standard InChI is InChI=1S/C26H29Cl2N5O4S2/c1-18(34)29-13-5-6-25-30-31-26(33(25)20-9-12-22(27)23(28)16-20)38-17-24(35)19-7-10-21(11-8-19)39(36,37)32-14-3-2-4-15-32/h7-12,16H,2-6,13-15,17H2,1H3,(H,29,34). The molecular formula is C26H29Cl2N5O4S2. The summed E-state index contributed by atoms with van der Waals surface area (Å²) in [6.45, 7) is 3.00. The van der Waals surface area contributed by atoms with E-state index in [0.29, 0.717) is 64.8 Å². The fraction of sp³-hybridized carbons (Fsp3) is 0.385. The summed E-state index contributed by atoms with van der Waals surface area (Å²) in [5.41, 5.74) is 1.11. The molecule has 13 heteroatoms. The number of nitrogens with zero attached hydrogens (tertiary/aromatic N) is 4. The van der Waals surface area contributed by atoms with Gasteiger partial charge in [-0.25, -0.2) is 8.42 Å². The molecule has 0 radical (unpaired) electrons. The van der Waals surface area contributed by atoms with E-state index in [1.807, 2.05) is 4.57 Å². The molecule has 1 N–H and O–H groups in total. The molecule has 2 heterocycles. The largest absolute Gasteiger partial charge is 0.356 e. The van der Waals surface area contributed by atoms with Crippen molar-refractivity contribution in [2.45, 2.75) is 49.1 Å². The molecule has 0 spiro atoms. The molecule has 1 amide bonds. The maximum atomic E-state index is 13.0. The quantitative estimate of drug-likeness (QED) is 0.189. The van der Waals surface area contributed by atoms with Crippen LogP contribution in [0.3, 0.4) is 0 Å². The number of hydrogen-bond acceptors (Lipinski definition) is 7. The number of aromatic nitrogens is 3. The Balaban J connectivity index is 1.48. The zero-order valence-electron chi connectivity index (χ0n) is 21.4. The van der Waals surface area contributed by atoms with Crippen molar-refractivity contribution in [3.63, 3.8) is 0 Å². The van der Waals surface area contributed by atoms with Gasteiger partial charge in [-0.05, 0) is 49.6 Å². The molecule has 1 fully saturated rings. The Labute approximate surface area is 242 Å². The van der Waals surface area contributed by atoms with Gasteiger partial charge in [-0.1, -0.05) is 53.5 Å². The summed E-state index contributed by atoms with van der Waals surface area (Å²) in [5.74, 6) is 0.454. The number of amides is 1. The first-order chi connectivity index (χ1) is 18.7. The number of sulfonamides is 1. The van der Waals surface area contributed by atoms with E-state index in [2.05, 4.69) is 15.5 Å². The van der Waals surface area contributed by atoms with E-state index in [-0.39, 0.29) is 22.3 Å². The number of carbonyl (C=O) groups is 2. The molecule has 2 aromatic carbocycles. The molecule has 1 aliphatic rings. The molecule has 208 valence electrons. The van der Waals surface area contributed by atoms with Crippen molar-refractivity contribution in [1.82, 2.24) is 24.4 Å². The van der Waals surface area contributed by atoms with Crippen molar-refractivity contribution >= 4 is 56.7 Å². The highest BCUT2D eigenvalue weighted by atomic mass is 35.5. The Kier molecular flexibility index (Phi) is 10.1. The lowest BCUT2D eigenvalue weighted by Crippen LogP contribution is -2.35. The van der Waals surface area contributed by atoms with E-state index in [0.717, 1.165) is 19.3 Å². The third-order valence-electron chi connectivity index (χ3n) is 6.27. The first-order valence-electron chi connectivity index (χ1n) is 12.6. The molecule has 0 bridgehead atoms. The van der Waals surface area contributed by atoms with Crippen LogP contribution in [-0.2, 0) is 21.2 Å². The van der Waals surface area contributed by atoms with Gasteiger partial charge in [0.2, 0.25) is 15.9 Å². The van der Waals surface area contributed by atoms with Crippen LogP contribution in [0, 0.1) is 0 Å². The van der Waals surface area contributed by atoms with Gasteiger partial charge in [0.15, 0.2) is 10.9 Å². The lowest BCUT2D eigenvalue weighted by molar-refractivity contribution is -0.118. The minimum absolute atomic E-state index is 0.0730. The van der Waals surface area contributed by atoms with Crippen molar-refractivity contribution in [1.29, 1.82) is 0 Å². The van der Waals surface area contributed by atoms with Gasteiger partial charge >= 0.3 is 0 Å². The zero-order chi connectivity index (χ0) is 28.0. The van der Waals surface area contributed by atoms with Crippen LogP contribution < -0.4 is 5.32 Å². The van der Waals surface area contributed by atoms with Gasteiger partial charge in [-0.2, -0.15) is 4.31 Å². The minimum atomic E-state index is -3.56. The SMILES string of the molecule is CC(=O)NCCCc1nnc(SCC(=O)c2ccc(S(=O)(=O)N3CCCCC3)cc2)n1-c1ccc(Cl)c(Cl)c1. The molecule has 3 aromatic rings. The van der Waals surface area contributed by atoms with Crippen LogP contribution in [0.15, 0.2) is 52.5 Å². The number of thioether (sulfide) groups is 1. The summed E-state index contributed by atoms with van der Waals surface area (Å²) in [7, 11) is -3.56.